The van der Waals surface area contributed by atoms with Crippen molar-refractivity contribution in [3.63, 3.8) is 0 Å². The molecule has 0 radical (unpaired) electrons. The van der Waals surface area contributed by atoms with Gasteiger partial charge in [-0.05, 0) is 31.0 Å². The van der Waals surface area contributed by atoms with Crippen molar-refractivity contribution in [1.29, 1.82) is 0 Å². The first kappa shape index (κ1) is 14.5. The summed E-state index contributed by atoms with van der Waals surface area (Å²) in [5.74, 6) is 1.58. The molecule has 1 aromatic carbocycles. The van der Waals surface area contributed by atoms with E-state index in [1.54, 1.807) is 11.3 Å². The van der Waals surface area contributed by atoms with Crippen molar-refractivity contribution < 1.29 is 14.3 Å². The first-order valence-electron chi connectivity index (χ1n) is 7.92. The van der Waals surface area contributed by atoms with Crippen molar-refractivity contribution >= 4 is 17.2 Å². The summed E-state index contributed by atoms with van der Waals surface area (Å²) in [7, 11) is 0. The Bertz CT molecular complexity index is 722. The van der Waals surface area contributed by atoms with E-state index in [1.165, 1.54) is 12.8 Å². The first-order chi connectivity index (χ1) is 11.3. The lowest BCUT2D eigenvalue weighted by atomic mass is 10.2. The molecule has 2 aromatic rings. The van der Waals surface area contributed by atoms with Gasteiger partial charge in [-0.15, -0.1) is 11.3 Å². The summed E-state index contributed by atoms with van der Waals surface area (Å²) in [6.07, 6.45) is 4.99. The van der Waals surface area contributed by atoms with Gasteiger partial charge in [-0.3, -0.25) is 4.79 Å². The highest BCUT2D eigenvalue weighted by molar-refractivity contribution is 7.13. The molecule has 4 rings (SSSR count). The normalized spacial score (nSPS) is 16.7. The molecule has 0 bridgehead atoms. The molecule has 1 aliphatic carbocycles. The van der Waals surface area contributed by atoms with Crippen molar-refractivity contribution in [2.24, 2.45) is 0 Å². The van der Waals surface area contributed by atoms with Crippen molar-refractivity contribution in [1.82, 2.24) is 10.3 Å². The van der Waals surface area contributed by atoms with E-state index in [0.717, 1.165) is 40.6 Å². The highest BCUT2D eigenvalue weighted by Crippen LogP contribution is 2.36. The number of ether oxygens (including phenoxy) is 2. The lowest BCUT2D eigenvalue weighted by molar-refractivity contribution is -0.121. The van der Waals surface area contributed by atoms with Gasteiger partial charge in [0.15, 0.2) is 11.5 Å². The molecule has 1 aliphatic heterocycles. The molecule has 0 atom stereocenters. The second-order valence-electron chi connectivity index (χ2n) is 5.94. The summed E-state index contributed by atoms with van der Waals surface area (Å²) in [5, 5.41) is 5.95. The van der Waals surface area contributed by atoms with Crippen LogP contribution in [-0.2, 0) is 11.2 Å². The summed E-state index contributed by atoms with van der Waals surface area (Å²) in [6.45, 7) is 0.267. The Labute approximate surface area is 138 Å². The molecule has 120 valence electrons. The largest absolute Gasteiger partial charge is 0.454 e. The number of carbonyl (C=O) groups excluding carboxylic acids is 1. The zero-order valence-corrected chi connectivity index (χ0v) is 13.5. The predicted molar refractivity (Wildman–Crippen MR) is 87.8 cm³/mol. The van der Waals surface area contributed by atoms with Gasteiger partial charge in [0, 0.05) is 17.0 Å². The number of thiazole rings is 1. The van der Waals surface area contributed by atoms with Gasteiger partial charge < -0.3 is 14.8 Å². The van der Waals surface area contributed by atoms with Gasteiger partial charge in [0.25, 0.3) is 0 Å². The van der Waals surface area contributed by atoms with E-state index < -0.39 is 0 Å². The van der Waals surface area contributed by atoms with Crippen LogP contribution >= 0.6 is 11.3 Å². The molecule has 1 saturated carbocycles. The fourth-order valence-electron chi connectivity index (χ4n) is 3.06. The van der Waals surface area contributed by atoms with Gasteiger partial charge in [-0.2, -0.15) is 0 Å². The summed E-state index contributed by atoms with van der Waals surface area (Å²) >= 11 is 1.55. The number of nitrogens with zero attached hydrogens (tertiary/aromatic N) is 1. The number of nitrogens with one attached hydrogen (secondary N) is 1. The van der Waals surface area contributed by atoms with Gasteiger partial charge in [-0.25, -0.2) is 4.98 Å². The van der Waals surface area contributed by atoms with Crippen LogP contribution in [0.1, 0.15) is 31.4 Å². The van der Waals surface area contributed by atoms with E-state index in [9.17, 15) is 4.79 Å². The van der Waals surface area contributed by atoms with Crippen LogP contribution in [0.25, 0.3) is 10.6 Å². The van der Waals surface area contributed by atoms with E-state index in [0.29, 0.717) is 12.5 Å². The Morgan fingerprint density at radius 1 is 1.26 bits per heavy atom. The van der Waals surface area contributed by atoms with Gasteiger partial charge in [0.1, 0.15) is 5.01 Å². The van der Waals surface area contributed by atoms with Gasteiger partial charge in [0.05, 0.1) is 12.1 Å². The summed E-state index contributed by atoms with van der Waals surface area (Å²) in [4.78, 5) is 16.7. The van der Waals surface area contributed by atoms with Crippen LogP contribution in [-0.4, -0.2) is 23.7 Å². The molecule has 5 nitrogen and oxygen atoms in total. The van der Waals surface area contributed by atoms with Crippen LogP contribution in [0.4, 0.5) is 0 Å². The fraction of sp³-hybridized carbons (Fsp3) is 0.412. The number of rotatable bonds is 4. The Hall–Kier alpha value is -2.08. The fourth-order valence-corrected chi connectivity index (χ4v) is 3.88. The lowest BCUT2D eigenvalue weighted by Gasteiger charge is -2.10. The highest BCUT2D eigenvalue weighted by atomic mass is 32.1. The molecule has 2 heterocycles. The molecule has 6 heteroatoms. The van der Waals surface area contributed by atoms with Crippen LogP contribution < -0.4 is 14.8 Å². The summed E-state index contributed by atoms with van der Waals surface area (Å²) in [6, 6.07) is 6.15. The number of benzene rings is 1. The zero-order valence-electron chi connectivity index (χ0n) is 12.7. The molecule has 2 aliphatic rings. The van der Waals surface area contributed by atoms with Crippen molar-refractivity contribution in [3.8, 4) is 22.1 Å². The van der Waals surface area contributed by atoms with E-state index >= 15 is 0 Å². The third kappa shape index (κ3) is 3.17. The molecule has 0 saturated heterocycles. The first-order valence-corrected chi connectivity index (χ1v) is 8.80. The monoisotopic (exact) mass is 330 g/mol. The summed E-state index contributed by atoms with van der Waals surface area (Å²) in [5.41, 5.74) is 1.81. The molecule has 0 unspecified atom stereocenters. The Balaban J connectivity index is 1.43. The molecule has 1 N–H and O–H groups in total. The molecule has 1 amide bonds. The van der Waals surface area contributed by atoms with Crippen molar-refractivity contribution in [3.05, 3.63) is 29.3 Å². The van der Waals surface area contributed by atoms with Crippen molar-refractivity contribution in [2.45, 2.75) is 38.1 Å². The third-order valence-electron chi connectivity index (χ3n) is 4.23. The summed E-state index contributed by atoms with van der Waals surface area (Å²) < 4.78 is 10.7. The van der Waals surface area contributed by atoms with Gasteiger partial charge in [-0.1, -0.05) is 12.8 Å². The van der Waals surface area contributed by atoms with Gasteiger partial charge in [0.2, 0.25) is 12.7 Å². The minimum Gasteiger partial charge on any atom is -0.454 e. The molecular weight excluding hydrogens is 312 g/mol. The van der Waals surface area contributed by atoms with E-state index in [-0.39, 0.29) is 12.7 Å². The molecule has 0 spiro atoms. The third-order valence-corrected chi connectivity index (χ3v) is 5.17. The Kier molecular flexibility index (Phi) is 3.91. The predicted octanol–water partition coefficient (Wildman–Crippen LogP) is 3.14. The zero-order chi connectivity index (χ0) is 15.6. The van der Waals surface area contributed by atoms with Crippen LogP contribution in [0.3, 0.4) is 0 Å². The number of fused-ring (bicyclic) bond motifs is 1. The maximum Gasteiger partial charge on any atom is 0.231 e. The minimum absolute atomic E-state index is 0.0689. The van der Waals surface area contributed by atoms with Crippen LogP contribution in [0.2, 0.25) is 0 Å². The number of hydrogen-bond donors (Lipinski definition) is 1. The molecule has 1 fully saturated rings. The quantitative estimate of drug-likeness (QED) is 0.935. The minimum atomic E-state index is 0.0689. The number of hydrogen-bond acceptors (Lipinski definition) is 5. The Morgan fingerprint density at radius 2 is 2.09 bits per heavy atom. The van der Waals surface area contributed by atoms with Crippen LogP contribution in [0.15, 0.2) is 23.6 Å². The highest BCUT2D eigenvalue weighted by Gasteiger charge is 2.19. The second-order valence-corrected chi connectivity index (χ2v) is 6.80. The molecular formula is C17H18N2O3S. The van der Waals surface area contributed by atoms with Gasteiger partial charge >= 0.3 is 0 Å². The van der Waals surface area contributed by atoms with E-state index in [1.807, 2.05) is 23.6 Å². The topological polar surface area (TPSA) is 60.5 Å². The standard InChI is InChI=1S/C17H18N2O3S/c20-16(18-12-3-1-2-4-12)8-13-9-23-17(19-13)11-5-6-14-15(7-11)22-10-21-14/h5-7,9,12H,1-4,8,10H2,(H,18,20). The molecule has 1 aromatic heterocycles. The molecule has 23 heavy (non-hydrogen) atoms. The Morgan fingerprint density at radius 3 is 2.96 bits per heavy atom. The maximum absolute atomic E-state index is 12.1. The number of amides is 1. The van der Waals surface area contributed by atoms with E-state index in [4.69, 9.17) is 9.47 Å². The van der Waals surface area contributed by atoms with Crippen LogP contribution in [0.5, 0.6) is 11.5 Å². The lowest BCUT2D eigenvalue weighted by Crippen LogP contribution is -2.33. The average Bonchev–Trinajstić information content (AvgIpc) is 3.27. The maximum atomic E-state index is 12.1. The number of carbonyl (C=O) groups is 1. The number of aromatic nitrogens is 1. The average molecular weight is 330 g/mol. The second kappa shape index (κ2) is 6.20. The van der Waals surface area contributed by atoms with E-state index in [2.05, 4.69) is 10.3 Å². The van der Waals surface area contributed by atoms with Crippen molar-refractivity contribution in [2.75, 3.05) is 6.79 Å². The smallest absolute Gasteiger partial charge is 0.231 e. The SMILES string of the molecule is O=C(Cc1csc(-c2ccc3c(c2)OCO3)n1)NC1CCCC1. The van der Waals surface area contributed by atoms with Crippen LogP contribution in [0, 0.1) is 0 Å².